The monoisotopic (exact) mass is 562 g/mol. The van der Waals surface area contributed by atoms with E-state index in [9.17, 15) is 4.79 Å². The number of amides is 1. The quantitative estimate of drug-likeness (QED) is 0.244. The molecule has 0 bridgehead atoms. The minimum absolute atomic E-state index is 0.0793. The Hall–Kier alpha value is -3.36. The van der Waals surface area contributed by atoms with Gasteiger partial charge in [-0.25, -0.2) is 4.98 Å². The van der Waals surface area contributed by atoms with Crippen molar-refractivity contribution in [1.82, 2.24) is 14.7 Å². The van der Waals surface area contributed by atoms with E-state index in [0.29, 0.717) is 17.2 Å². The number of imidazole rings is 1. The number of rotatable bonds is 6. The van der Waals surface area contributed by atoms with Crippen LogP contribution in [0.3, 0.4) is 0 Å². The van der Waals surface area contributed by atoms with Gasteiger partial charge in [0.05, 0.1) is 41.0 Å². The number of fused-ring (bicyclic) bond motifs is 1. The molecule has 4 aromatic rings. The molecule has 2 aromatic heterocycles. The average Bonchev–Trinajstić information content (AvgIpc) is 3.51. The molecule has 1 aliphatic heterocycles. The Morgan fingerprint density at radius 2 is 1.82 bits per heavy atom. The number of hydrogen-bond acceptors (Lipinski definition) is 6. The molecule has 0 radical (unpaired) electrons. The van der Waals surface area contributed by atoms with E-state index >= 15 is 0 Å². The summed E-state index contributed by atoms with van der Waals surface area (Å²) in [6.45, 7) is 3.89. The second-order valence-electron chi connectivity index (χ2n) is 10.9. The number of ether oxygens (including phenoxy) is 2. The van der Waals surface area contributed by atoms with Gasteiger partial charge in [0, 0.05) is 30.8 Å². The topological polar surface area (TPSA) is 82.6 Å². The van der Waals surface area contributed by atoms with Gasteiger partial charge in [0.1, 0.15) is 17.3 Å². The van der Waals surface area contributed by atoms with Crippen LogP contribution in [0.1, 0.15) is 74.3 Å². The molecular formula is C31H35ClN4O4. The van der Waals surface area contributed by atoms with Crippen molar-refractivity contribution in [3.63, 3.8) is 0 Å². The van der Waals surface area contributed by atoms with Gasteiger partial charge in [0.15, 0.2) is 0 Å². The number of aryl methyl sites for hydroxylation is 2. The second kappa shape index (κ2) is 10.9. The van der Waals surface area contributed by atoms with Crippen LogP contribution >= 0.6 is 11.6 Å². The minimum atomic E-state index is -0.208. The van der Waals surface area contributed by atoms with E-state index in [1.807, 2.05) is 36.9 Å². The molecule has 9 heteroatoms. The molecule has 2 fully saturated rings. The van der Waals surface area contributed by atoms with Crippen molar-refractivity contribution in [3.05, 3.63) is 58.7 Å². The van der Waals surface area contributed by atoms with Crippen molar-refractivity contribution >= 4 is 34.2 Å². The van der Waals surface area contributed by atoms with Gasteiger partial charge < -0.3 is 23.5 Å². The second-order valence-corrected chi connectivity index (χ2v) is 11.3. The number of halogens is 1. The Balaban J connectivity index is 1.49. The largest absolute Gasteiger partial charge is 0.495 e. The molecule has 6 rings (SSSR count). The summed E-state index contributed by atoms with van der Waals surface area (Å²) < 4.78 is 18.9. The smallest absolute Gasteiger partial charge is 0.227 e. The molecule has 210 valence electrons. The van der Waals surface area contributed by atoms with E-state index in [1.165, 1.54) is 0 Å². The third kappa shape index (κ3) is 4.67. The molecule has 40 heavy (non-hydrogen) atoms. The van der Waals surface area contributed by atoms with Crippen LogP contribution in [0.15, 0.2) is 40.9 Å². The Kier molecular flexibility index (Phi) is 7.31. The van der Waals surface area contributed by atoms with E-state index in [1.54, 1.807) is 14.2 Å². The van der Waals surface area contributed by atoms with E-state index in [4.69, 9.17) is 30.6 Å². The molecule has 2 aromatic carbocycles. The van der Waals surface area contributed by atoms with Crippen LogP contribution < -0.4 is 9.64 Å². The lowest BCUT2D eigenvalue weighted by Gasteiger charge is -2.37. The van der Waals surface area contributed by atoms with Gasteiger partial charge in [-0.2, -0.15) is 0 Å². The summed E-state index contributed by atoms with van der Waals surface area (Å²) in [6.07, 6.45) is 6.41. The average molecular weight is 563 g/mol. The summed E-state index contributed by atoms with van der Waals surface area (Å²) in [7, 11) is 3.39. The van der Waals surface area contributed by atoms with Crippen molar-refractivity contribution in [2.45, 2.75) is 77.0 Å². The number of nitrogens with zero attached hydrogens (tertiary/aromatic N) is 4. The van der Waals surface area contributed by atoms with E-state index in [0.717, 1.165) is 83.7 Å². The van der Waals surface area contributed by atoms with Gasteiger partial charge in [-0.1, -0.05) is 22.8 Å². The zero-order valence-electron chi connectivity index (χ0n) is 23.4. The van der Waals surface area contributed by atoms with Crippen LogP contribution in [0, 0.1) is 13.8 Å². The molecular weight excluding hydrogens is 528 g/mol. The maximum atomic E-state index is 13.5. The van der Waals surface area contributed by atoms with Crippen LogP contribution in [0.2, 0.25) is 5.02 Å². The normalized spacial score (nSPS) is 21.8. The molecule has 0 unspecified atom stereocenters. The first-order chi connectivity index (χ1) is 19.4. The van der Waals surface area contributed by atoms with Gasteiger partial charge >= 0.3 is 0 Å². The highest BCUT2D eigenvalue weighted by atomic mass is 35.5. The predicted molar refractivity (Wildman–Crippen MR) is 155 cm³/mol. The molecule has 0 spiro atoms. The van der Waals surface area contributed by atoms with Gasteiger partial charge in [-0.15, -0.1) is 0 Å². The summed E-state index contributed by atoms with van der Waals surface area (Å²) in [5, 5.41) is 4.63. The molecule has 1 saturated heterocycles. The lowest BCUT2D eigenvalue weighted by molar-refractivity contribution is -0.120. The predicted octanol–water partition coefficient (Wildman–Crippen LogP) is 7.36. The van der Waals surface area contributed by atoms with Crippen LogP contribution in [0.25, 0.3) is 22.2 Å². The molecule has 8 nitrogen and oxygen atoms in total. The van der Waals surface area contributed by atoms with Crippen molar-refractivity contribution in [2.24, 2.45) is 0 Å². The van der Waals surface area contributed by atoms with Gasteiger partial charge in [0.25, 0.3) is 0 Å². The zero-order valence-corrected chi connectivity index (χ0v) is 24.2. The van der Waals surface area contributed by atoms with Crippen molar-refractivity contribution < 1.29 is 18.8 Å². The maximum absolute atomic E-state index is 13.5. The Morgan fingerprint density at radius 3 is 2.50 bits per heavy atom. The number of carbonyl (C=O) groups is 1. The molecule has 1 aliphatic carbocycles. The van der Waals surface area contributed by atoms with E-state index in [-0.39, 0.29) is 24.1 Å². The first-order valence-electron chi connectivity index (χ1n) is 14.0. The Bertz CT molecular complexity index is 1530. The number of methoxy groups -OCH3 is 2. The SMILES string of the molecule is COc1ccc(N2C(=O)CCC[C@H]2c2nc3cc(-c4c(C)noc4C)ccc3n2[C@H]2CC[C@H](OC)CC2)cc1Cl. The lowest BCUT2D eigenvalue weighted by atomic mass is 9.91. The fourth-order valence-electron chi connectivity index (χ4n) is 6.57. The highest BCUT2D eigenvalue weighted by Gasteiger charge is 2.36. The Morgan fingerprint density at radius 1 is 1.02 bits per heavy atom. The van der Waals surface area contributed by atoms with Crippen LogP contribution in [0.5, 0.6) is 5.75 Å². The highest BCUT2D eigenvalue weighted by molar-refractivity contribution is 6.32. The molecule has 2 aliphatic rings. The standard InChI is InChI=1S/C31H35ClN4O4/c1-18-30(19(2)40-34-18)20-8-14-26-25(16-20)33-31(36(26)21-9-12-23(38-3)13-10-21)27-6-5-7-29(37)35(27)22-11-15-28(39-4)24(32)17-22/h8,11,14-17,21,23,27H,5-7,9-10,12-13H2,1-4H3/t21-,23-,27-/m0/s1. The lowest BCUT2D eigenvalue weighted by Crippen LogP contribution is -2.40. The molecule has 1 saturated carbocycles. The van der Waals surface area contributed by atoms with Crippen molar-refractivity contribution in [1.29, 1.82) is 0 Å². The van der Waals surface area contributed by atoms with Crippen LogP contribution in [0.4, 0.5) is 5.69 Å². The number of carbonyl (C=O) groups excluding carboxylic acids is 1. The zero-order chi connectivity index (χ0) is 28.0. The maximum Gasteiger partial charge on any atom is 0.227 e. The van der Waals surface area contributed by atoms with Crippen molar-refractivity contribution in [2.75, 3.05) is 19.1 Å². The number of piperidine rings is 1. The van der Waals surface area contributed by atoms with Crippen LogP contribution in [-0.4, -0.2) is 40.9 Å². The summed E-state index contributed by atoms with van der Waals surface area (Å²) in [5.41, 5.74) is 5.64. The minimum Gasteiger partial charge on any atom is -0.495 e. The highest BCUT2D eigenvalue weighted by Crippen LogP contribution is 2.43. The van der Waals surface area contributed by atoms with Gasteiger partial charge in [0.2, 0.25) is 5.91 Å². The van der Waals surface area contributed by atoms with Gasteiger partial charge in [-0.05, 0) is 88.3 Å². The van der Waals surface area contributed by atoms with E-state index < -0.39 is 0 Å². The Labute approximate surface area is 239 Å². The molecule has 1 atom stereocenters. The van der Waals surface area contributed by atoms with Gasteiger partial charge in [-0.3, -0.25) is 4.79 Å². The summed E-state index contributed by atoms with van der Waals surface area (Å²) in [4.78, 5) is 20.7. The third-order valence-electron chi connectivity index (χ3n) is 8.54. The number of aromatic nitrogens is 3. The summed E-state index contributed by atoms with van der Waals surface area (Å²) >= 11 is 6.52. The first kappa shape index (κ1) is 26.8. The molecule has 0 N–H and O–H groups in total. The summed E-state index contributed by atoms with van der Waals surface area (Å²) in [5.74, 6) is 2.37. The molecule has 1 amide bonds. The number of benzene rings is 2. The summed E-state index contributed by atoms with van der Waals surface area (Å²) in [6, 6.07) is 12.0. The van der Waals surface area contributed by atoms with Crippen molar-refractivity contribution in [3.8, 4) is 16.9 Å². The number of anilines is 1. The molecule has 3 heterocycles. The first-order valence-corrected chi connectivity index (χ1v) is 14.4. The van der Waals surface area contributed by atoms with Crippen LogP contribution in [-0.2, 0) is 9.53 Å². The fourth-order valence-corrected chi connectivity index (χ4v) is 6.82. The van der Waals surface area contributed by atoms with E-state index in [2.05, 4.69) is 27.9 Å². The fraction of sp³-hybridized carbons (Fsp3) is 0.452. The third-order valence-corrected chi connectivity index (χ3v) is 8.84. The number of hydrogen-bond donors (Lipinski definition) is 0.